The van der Waals surface area contributed by atoms with Crippen molar-refractivity contribution in [1.82, 2.24) is 10.2 Å². The van der Waals surface area contributed by atoms with Crippen LogP contribution in [0.5, 0.6) is 5.75 Å². The lowest BCUT2D eigenvalue weighted by Crippen LogP contribution is -2.45. The van der Waals surface area contributed by atoms with Gasteiger partial charge in [-0.2, -0.15) is 0 Å². The minimum atomic E-state index is -0.518. The summed E-state index contributed by atoms with van der Waals surface area (Å²) in [5.74, 6) is 0.519. The Morgan fingerprint density at radius 2 is 2.00 bits per heavy atom. The second-order valence-corrected chi connectivity index (χ2v) is 4.99. The maximum Gasteiger partial charge on any atom is 0.244 e. The zero-order valence-electron chi connectivity index (χ0n) is 13.2. The number of benzene rings is 1. The first-order valence-electron chi connectivity index (χ1n) is 7.18. The number of amides is 2. The largest absolute Gasteiger partial charge is 0.491 e. The van der Waals surface area contributed by atoms with Crippen LogP contribution in [-0.2, 0) is 16.0 Å². The zero-order valence-corrected chi connectivity index (χ0v) is 13.2. The highest BCUT2D eigenvalue weighted by atomic mass is 16.5. The molecule has 0 saturated carbocycles. The SMILES string of the molecule is CCc1ccccc1OCCN(C)C(=O)[C@H](C)NC(C)=O. The highest BCUT2D eigenvalue weighted by Crippen LogP contribution is 2.17. The standard InChI is InChI=1S/C16H24N2O3/c1-5-14-8-6-7-9-15(14)21-11-10-18(4)16(20)12(2)17-13(3)19/h6-9,12H,5,10-11H2,1-4H3,(H,17,19)/t12-/m0/s1. The van der Waals surface area contributed by atoms with Crippen molar-refractivity contribution in [2.75, 3.05) is 20.2 Å². The Morgan fingerprint density at radius 1 is 1.33 bits per heavy atom. The summed E-state index contributed by atoms with van der Waals surface area (Å²) in [6, 6.07) is 7.36. The van der Waals surface area contributed by atoms with Gasteiger partial charge in [-0.05, 0) is 25.0 Å². The van der Waals surface area contributed by atoms with E-state index in [-0.39, 0.29) is 11.8 Å². The van der Waals surface area contributed by atoms with E-state index in [0.29, 0.717) is 13.2 Å². The summed E-state index contributed by atoms with van der Waals surface area (Å²) < 4.78 is 5.73. The fourth-order valence-corrected chi connectivity index (χ4v) is 2.04. The lowest BCUT2D eigenvalue weighted by molar-refractivity contribution is -0.134. The summed E-state index contributed by atoms with van der Waals surface area (Å²) >= 11 is 0. The number of ether oxygens (including phenoxy) is 1. The minimum Gasteiger partial charge on any atom is -0.491 e. The van der Waals surface area contributed by atoms with Gasteiger partial charge in [0.25, 0.3) is 0 Å². The lowest BCUT2D eigenvalue weighted by Gasteiger charge is -2.22. The van der Waals surface area contributed by atoms with E-state index in [1.165, 1.54) is 6.92 Å². The molecule has 1 aromatic rings. The van der Waals surface area contributed by atoms with Crippen LogP contribution in [0.15, 0.2) is 24.3 Å². The van der Waals surface area contributed by atoms with Crippen LogP contribution in [0.25, 0.3) is 0 Å². The van der Waals surface area contributed by atoms with Crippen molar-refractivity contribution in [1.29, 1.82) is 0 Å². The van der Waals surface area contributed by atoms with Gasteiger partial charge in [-0.15, -0.1) is 0 Å². The Labute approximate surface area is 126 Å². The van der Waals surface area contributed by atoms with E-state index in [1.54, 1.807) is 18.9 Å². The fourth-order valence-electron chi connectivity index (χ4n) is 2.04. The van der Waals surface area contributed by atoms with Gasteiger partial charge in [0.2, 0.25) is 11.8 Å². The molecular formula is C16H24N2O3. The van der Waals surface area contributed by atoms with Gasteiger partial charge in [-0.3, -0.25) is 9.59 Å². The van der Waals surface area contributed by atoms with E-state index < -0.39 is 6.04 Å². The Hall–Kier alpha value is -2.04. The van der Waals surface area contributed by atoms with Crippen LogP contribution in [0, 0.1) is 0 Å². The molecule has 5 heteroatoms. The summed E-state index contributed by atoms with van der Waals surface area (Å²) in [6.07, 6.45) is 0.907. The van der Waals surface area contributed by atoms with Gasteiger partial charge in [0.15, 0.2) is 0 Å². The van der Waals surface area contributed by atoms with E-state index in [2.05, 4.69) is 12.2 Å². The molecule has 1 N–H and O–H groups in total. The Morgan fingerprint density at radius 3 is 2.62 bits per heavy atom. The van der Waals surface area contributed by atoms with E-state index in [9.17, 15) is 9.59 Å². The first kappa shape index (κ1) is 17.0. The molecule has 21 heavy (non-hydrogen) atoms. The second-order valence-electron chi connectivity index (χ2n) is 4.99. The van der Waals surface area contributed by atoms with Gasteiger partial charge < -0.3 is 15.0 Å². The smallest absolute Gasteiger partial charge is 0.244 e. The molecule has 0 aliphatic rings. The highest BCUT2D eigenvalue weighted by molar-refractivity contribution is 5.86. The summed E-state index contributed by atoms with van der Waals surface area (Å²) in [7, 11) is 1.70. The number of nitrogens with zero attached hydrogens (tertiary/aromatic N) is 1. The molecule has 0 fully saturated rings. The molecule has 0 unspecified atom stereocenters. The summed E-state index contributed by atoms with van der Waals surface area (Å²) in [5.41, 5.74) is 1.15. The molecule has 1 atom stereocenters. The number of carbonyl (C=O) groups excluding carboxylic acids is 2. The highest BCUT2D eigenvalue weighted by Gasteiger charge is 2.17. The van der Waals surface area contributed by atoms with Gasteiger partial charge in [0, 0.05) is 14.0 Å². The van der Waals surface area contributed by atoms with Crippen LogP contribution >= 0.6 is 0 Å². The van der Waals surface area contributed by atoms with Crippen LogP contribution in [0.2, 0.25) is 0 Å². The Balaban J connectivity index is 2.44. The predicted molar refractivity (Wildman–Crippen MR) is 82.2 cm³/mol. The van der Waals surface area contributed by atoms with E-state index in [4.69, 9.17) is 4.74 Å². The van der Waals surface area contributed by atoms with Crippen LogP contribution in [0.3, 0.4) is 0 Å². The van der Waals surface area contributed by atoms with Gasteiger partial charge >= 0.3 is 0 Å². The zero-order chi connectivity index (χ0) is 15.8. The number of likely N-dealkylation sites (N-methyl/N-ethyl adjacent to an activating group) is 1. The van der Waals surface area contributed by atoms with E-state index in [1.807, 2.05) is 24.3 Å². The molecule has 0 aliphatic heterocycles. The Bertz CT molecular complexity index is 488. The molecule has 116 valence electrons. The Kier molecular flexibility index (Phi) is 6.72. The maximum absolute atomic E-state index is 12.0. The van der Waals surface area contributed by atoms with Crippen molar-refractivity contribution >= 4 is 11.8 Å². The number of carbonyl (C=O) groups is 2. The molecule has 0 saturated heterocycles. The van der Waals surface area contributed by atoms with Crippen molar-refractivity contribution in [2.24, 2.45) is 0 Å². The van der Waals surface area contributed by atoms with E-state index >= 15 is 0 Å². The number of aryl methyl sites for hydroxylation is 1. The third kappa shape index (κ3) is 5.45. The number of rotatable bonds is 7. The maximum atomic E-state index is 12.0. The minimum absolute atomic E-state index is 0.127. The van der Waals surface area contributed by atoms with Gasteiger partial charge in [-0.1, -0.05) is 25.1 Å². The summed E-state index contributed by atoms with van der Waals surface area (Å²) in [6.45, 7) is 6.04. The molecule has 0 spiro atoms. The molecule has 1 rings (SSSR count). The molecule has 0 aliphatic carbocycles. The predicted octanol–water partition coefficient (Wildman–Crippen LogP) is 1.61. The summed E-state index contributed by atoms with van der Waals surface area (Å²) in [4.78, 5) is 24.5. The van der Waals surface area contributed by atoms with Gasteiger partial charge in [-0.25, -0.2) is 0 Å². The average Bonchev–Trinajstić information content (AvgIpc) is 2.46. The normalized spacial score (nSPS) is 11.6. The third-order valence-electron chi connectivity index (χ3n) is 3.20. The first-order valence-corrected chi connectivity index (χ1v) is 7.18. The number of nitrogens with one attached hydrogen (secondary N) is 1. The van der Waals surface area contributed by atoms with Crippen LogP contribution in [0.1, 0.15) is 26.3 Å². The molecule has 1 aromatic carbocycles. The van der Waals surface area contributed by atoms with Crippen molar-refractivity contribution in [3.8, 4) is 5.75 Å². The lowest BCUT2D eigenvalue weighted by atomic mass is 10.1. The van der Waals surface area contributed by atoms with Crippen molar-refractivity contribution in [2.45, 2.75) is 33.2 Å². The van der Waals surface area contributed by atoms with Gasteiger partial charge in [0.1, 0.15) is 18.4 Å². The number of hydrogen-bond acceptors (Lipinski definition) is 3. The van der Waals surface area contributed by atoms with Crippen LogP contribution < -0.4 is 10.1 Å². The molecule has 2 amide bonds. The quantitative estimate of drug-likeness (QED) is 0.830. The van der Waals surface area contributed by atoms with Crippen LogP contribution in [-0.4, -0.2) is 43.0 Å². The molecule has 0 radical (unpaired) electrons. The molecular weight excluding hydrogens is 268 g/mol. The molecule has 5 nitrogen and oxygen atoms in total. The number of hydrogen-bond donors (Lipinski definition) is 1. The van der Waals surface area contributed by atoms with Gasteiger partial charge in [0.05, 0.1) is 6.54 Å². The van der Waals surface area contributed by atoms with Crippen molar-refractivity contribution < 1.29 is 14.3 Å². The second kappa shape index (κ2) is 8.29. The number of para-hydroxylation sites is 1. The summed E-state index contributed by atoms with van der Waals surface area (Å²) in [5, 5.41) is 2.58. The van der Waals surface area contributed by atoms with Crippen LogP contribution in [0.4, 0.5) is 0 Å². The van der Waals surface area contributed by atoms with E-state index in [0.717, 1.165) is 17.7 Å². The topological polar surface area (TPSA) is 58.6 Å². The third-order valence-corrected chi connectivity index (χ3v) is 3.20. The van der Waals surface area contributed by atoms with Crippen molar-refractivity contribution in [3.05, 3.63) is 29.8 Å². The molecule has 0 heterocycles. The monoisotopic (exact) mass is 292 g/mol. The first-order chi connectivity index (χ1) is 9.95. The fraction of sp³-hybridized carbons (Fsp3) is 0.500. The average molecular weight is 292 g/mol. The molecule has 0 bridgehead atoms. The van der Waals surface area contributed by atoms with Crippen molar-refractivity contribution in [3.63, 3.8) is 0 Å². The molecule has 0 aromatic heterocycles.